The first-order valence-corrected chi connectivity index (χ1v) is 10.9. The van der Waals surface area contributed by atoms with Crippen LogP contribution in [0.4, 0.5) is 11.4 Å². The van der Waals surface area contributed by atoms with Crippen LogP contribution in [-0.2, 0) is 4.74 Å². The smallest absolute Gasteiger partial charge is 0.336 e. The van der Waals surface area contributed by atoms with Gasteiger partial charge in [-0.05, 0) is 42.5 Å². The zero-order valence-electron chi connectivity index (χ0n) is 19.6. The van der Waals surface area contributed by atoms with Crippen molar-refractivity contribution in [2.24, 2.45) is 0 Å². The Morgan fingerprint density at radius 2 is 1.81 bits per heavy atom. The predicted molar refractivity (Wildman–Crippen MR) is 132 cm³/mol. The Bertz CT molecular complexity index is 1370. The molecule has 0 fully saturated rings. The van der Waals surface area contributed by atoms with Crippen LogP contribution in [0.2, 0.25) is 0 Å². The first-order valence-electron chi connectivity index (χ1n) is 10.9. The van der Waals surface area contributed by atoms with Crippen LogP contribution in [0.3, 0.4) is 0 Å². The molecule has 1 N–H and O–H groups in total. The summed E-state index contributed by atoms with van der Waals surface area (Å²) in [5.41, 5.74) is 1.98. The number of hydrogen-bond donors (Lipinski definition) is 1. The number of benzene rings is 3. The standard InChI is InChI=1S/C25H23N5O6/c1-34-13-14-36-25-27-23(17-5-4-8-22(16-17)35-2)29(28-25)20-11-9-19(10-12-20)26-24(31)18-6-3-7-21(15-18)30(32)33/h3-12,15-16H,13-14H2,1-2H3,(H,26,31). The van der Waals surface area contributed by atoms with Crippen LogP contribution in [0.25, 0.3) is 17.1 Å². The molecule has 11 heteroatoms. The van der Waals surface area contributed by atoms with E-state index in [0.717, 1.165) is 5.56 Å². The van der Waals surface area contributed by atoms with Gasteiger partial charge < -0.3 is 19.5 Å². The van der Waals surface area contributed by atoms with E-state index >= 15 is 0 Å². The summed E-state index contributed by atoms with van der Waals surface area (Å²) in [5.74, 6) is 0.746. The average molecular weight is 489 g/mol. The number of nitrogens with zero attached hydrogens (tertiary/aromatic N) is 4. The molecule has 4 aromatic rings. The largest absolute Gasteiger partial charge is 0.497 e. The first kappa shape index (κ1) is 24.4. The Kier molecular flexibility index (Phi) is 7.51. The number of anilines is 1. The number of aromatic nitrogens is 3. The van der Waals surface area contributed by atoms with Gasteiger partial charge in [0.05, 0.1) is 24.3 Å². The molecule has 4 rings (SSSR count). The summed E-state index contributed by atoms with van der Waals surface area (Å²) >= 11 is 0. The van der Waals surface area contributed by atoms with Gasteiger partial charge in [0.15, 0.2) is 5.82 Å². The van der Waals surface area contributed by atoms with E-state index in [-0.39, 0.29) is 17.3 Å². The van der Waals surface area contributed by atoms with Gasteiger partial charge in [0, 0.05) is 36.1 Å². The number of ether oxygens (including phenoxy) is 3. The van der Waals surface area contributed by atoms with Crippen molar-refractivity contribution in [3.05, 3.63) is 88.5 Å². The van der Waals surface area contributed by atoms with E-state index in [9.17, 15) is 14.9 Å². The van der Waals surface area contributed by atoms with E-state index in [0.29, 0.717) is 36.2 Å². The molecule has 11 nitrogen and oxygen atoms in total. The molecule has 0 saturated carbocycles. The number of carbonyl (C=O) groups is 1. The SMILES string of the molecule is COCCOc1nc(-c2cccc(OC)c2)n(-c2ccc(NC(=O)c3cccc([N+](=O)[O-])c3)cc2)n1. The molecule has 0 radical (unpaired) electrons. The van der Waals surface area contributed by atoms with Gasteiger partial charge in [-0.3, -0.25) is 14.9 Å². The maximum Gasteiger partial charge on any atom is 0.336 e. The van der Waals surface area contributed by atoms with Gasteiger partial charge in [-0.1, -0.05) is 18.2 Å². The molecular weight excluding hydrogens is 466 g/mol. The molecule has 0 spiro atoms. The fourth-order valence-electron chi connectivity index (χ4n) is 3.35. The fraction of sp³-hybridized carbons (Fsp3) is 0.160. The number of nitro groups is 1. The van der Waals surface area contributed by atoms with Crippen LogP contribution >= 0.6 is 0 Å². The van der Waals surface area contributed by atoms with Crippen molar-refractivity contribution in [2.75, 3.05) is 32.8 Å². The molecule has 0 unspecified atom stereocenters. The zero-order chi connectivity index (χ0) is 25.5. The maximum atomic E-state index is 12.6. The van der Waals surface area contributed by atoms with E-state index < -0.39 is 10.8 Å². The number of amides is 1. The fourth-order valence-corrected chi connectivity index (χ4v) is 3.35. The number of hydrogen-bond acceptors (Lipinski definition) is 8. The quantitative estimate of drug-likeness (QED) is 0.200. The molecule has 36 heavy (non-hydrogen) atoms. The lowest BCUT2D eigenvalue weighted by Crippen LogP contribution is -2.12. The summed E-state index contributed by atoms with van der Waals surface area (Å²) in [6.07, 6.45) is 0. The van der Waals surface area contributed by atoms with Gasteiger partial charge in [0.1, 0.15) is 12.4 Å². The minimum Gasteiger partial charge on any atom is -0.497 e. The monoisotopic (exact) mass is 489 g/mol. The Balaban J connectivity index is 1.59. The van der Waals surface area contributed by atoms with Crippen LogP contribution in [-0.4, -0.2) is 53.0 Å². The number of rotatable bonds is 10. The van der Waals surface area contributed by atoms with Crippen molar-refractivity contribution < 1.29 is 23.9 Å². The minimum atomic E-state index is -0.545. The van der Waals surface area contributed by atoms with E-state index in [1.54, 1.807) is 43.2 Å². The molecule has 1 amide bonds. The normalized spacial score (nSPS) is 10.6. The van der Waals surface area contributed by atoms with Crippen LogP contribution < -0.4 is 14.8 Å². The molecule has 184 valence electrons. The van der Waals surface area contributed by atoms with Crippen LogP contribution in [0.5, 0.6) is 11.8 Å². The van der Waals surface area contributed by atoms with Gasteiger partial charge in [0.2, 0.25) is 0 Å². The van der Waals surface area contributed by atoms with Crippen LogP contribution in [0, 0.1) is 10.1 Å². The van der Waals surface area contributed by atoms with Crippen molar-refractivity contribution in [1.82, 2.24) is 14.8 Å². The summed E-state index contributed by atoms with van der Waals surface area (Å²) in [6.45, 7) is 0.683. The van der Waals surface area contributed by atoms with Gasteiger partial charge in [-0.25, -0.2) is 4.68 Å². The summed E-state index contributed by atoms with van der Waals surface area (Å²) in [5, 5.41) is 18.2. The topological polar surface area (TPSA) is 131 Å². The summed E-state index contributed by atoms with van der Waals surface area (Å²) in [4.78, 5) is 27.5. The van der Waals surface area contributed by atoms with Crippen LogP contribution in [0.1, 0.15) is 10.4 Å². The third-order valence-electron chi connectivity index (χ3n) is 5.12. The van der Waals surface area contributed by atoms with Crippen molar-refractivity contribution in [3.8, 4) is 28.8 Å². The number of methoxy groups -OCH3 is 2. The van der Waals surface area contributed by atoms with Gasteiger partial charge in [-0.15, -0.1) is 5.10 Å². The summed E-state index contributed by atoms with van der Waals surface area (Å²) in [6, 6.07) is 20.1. The molecule has 3 aromatic carbocycles. The second-order valence-electron chi connectivity index (χ2n) is 7.51. The van der Waals surface area contributed by atoms with Crippen molar-refractivity contribution in [2.45, 2.75) is 0 Å². The zero-order valence-corrected chi connectivity index (χ0v) is 19.6. The van der Waals surface area contributed by atoms with E-state index in [4.69, 9.17) is 14.2 Å². The van der Waals surface area contributed by atoms with Gasteiger partial charge >= 0.3 is 6.01 Å². The summed E-state index contributed by atoms with van der Waals surface area (Å²) < 4.78 is 17.6. The Labute approximate surface area is 206 Å². The lowest BCUT2D eigenvalue weighted by atomic mass is 10.2. The number of non-ortho nitro benzene ring substituents is 1. The molecule has 0 atom stereocenters. The molecular formula is C25H23N5O6. The van der Waals surface area contributed by atoms with Crippen molar-refractivity contribution in [3.63, 3.8) is 0 Å². The van der Waals surface area contributed by atoms with Gasteiger partial charge in [0.25, 0.3) is 11.6 Å². The van der Waals surface area contributed by atoms with E-state index in [2.05, 4.69) is 15.4 Å². The molecule has 0 aliphatic carbocycles. The number of carbonyl (C=O) groups excluding carboxylic acids is 1. The first-order chi connectivity index (χ1) is 17.5. The molecule has 0 saturated heterocycles. The average Bonchev–Trinajstić information content (AvgIpc) is 3.33. The minimum absolute atomic E-state index is 0.155. The molecule has 0 bridgehead atoms. The van der Waals surface area contributed by atoms with E-state index in [1.807, 2.05) is 24.3 Å². The molecule has 0 aliphatic heterocycles. The number of nitro benzene ring substituents is 1. The highest BCUT2D eigenvalue weighted by molar-refractivity contribution is 6.04. The molecule has 1 aromatic heterocycles. The predicted octanol–water partition coefficient (Wildman–Crippen LogP) is 4.13. The Morgan fingerprint density at radius 3 is 2.53 bits per heavy atom. The second-order valence-corrected chi connectivity index (χ2v) is 7.51. The Hall–Kier alpha value is -4.77. The highest BCUT2D eigenvalue weighted by Gasteiger charge is 2.16. The van der Waals surface area contributed by atoms with Gasteiger partial charge in [-0.2, -0.15) is 4.98 Å². The third-order valence-corrected chi connectivity index (χ3v) is 5.12. The highest BCUT2D eigenvalue weighted by Crippen LogP contribution is 2.27. The van der Waals surface area contributed by atoms with Crippen molar-refractivity contribution >= 4 is 17.3 Å². The third kappa shape index (κ3) is 5.65. The van der Waals surface area contributed by atoms with E-state index in [1.165, 1.54) is 24.3 Å². The summed E-state index contributed by atoms with van der Waals surface area (Å²) in [7, 11) is 3.17. The van der Waals surface area contributed by atoms with Crippen LogP contribution in [0.15, 0.2) is 72.8 Å². The maximum absolute atomic E-state index is 12.6. The number of nitrogens with one attached hydrogen (secondary N) is 1. The molecule has 0 aliphatic rings. The van der Waals surface area contributed by atoms with Crippen molar-refractivity contribution in [1.29, 1.82) is 0 Å². The lowest BCUT2D eigenvalue weighted by Gasteiger charge is -2.09. The Morgan fingerprint density at radius 1 is 1.03 bits per heavy atom. The lowest BCUT2D eigenvalue weighted by molar-refractivity contribution is -0.384. The second kappa shape index (κ2) is 11.1. The molecule has 1 heterocycles. The highest BCUT2D eigenvalue weighted by atomic mass is 16.6.